The third-order valence-electron chi connectivity index (χ3n) is 2.13. The van der Waals surface area contributed by atoms with Crippen molar-refractivity contribution in [3.05, 3.63) is 0 Å². The molecule has 1 rings (SSSR count). The molecule has 12 heavy (non-hydrogen) atoms. The van der Waals surface area contributed by atoms with Gasteiger partial charge in [0.25, 0.3) is 0 Å². The predicted octanol–water partition coefficient (Wildman–Crippen LogP) is 0.672. The van der Waals surface area contributed by atoms with Crippen molar-refractivity contribution in [1.29, 1.82) is 0 Å². The number of nitrogens with one attached hydrogen (secondary N) is 1. The number of aliphatic hydroxyl groups is 1. The van der Waals surface area contributed by atoms with E-state index in [1.165, 1.54) is 0 Å². The van der Waals surface area contributed by atoms with Crippen LogP contribution in [0.25, 0.3) is 0 Å². The van der Waals surface area contributed by atoms with Gasteiger partial charge in [0.2, 0.25) is 5.91 Å². The molecule has 1 aliphatic rings. The average Bonchev–Trinajstić information content (AvgIpc) is 1.82. The molecule has 0 atom stereocenters. The molecule has 0 saturated heterocycles. The van der Waals surface area contributed by atoms with Crippen LogP contribution >= 0.6 is 0 Å². The van der Waals surface area contributed by atoms with Gasteiger partial charge >= 0.3 is 0 Å². The third kappa shape index (κ3) is 2.21. The number of rotatable bonds is 1. The van der Waals surface area contributed by atoms with Gasteiger partial charge in [0.05, 0.1) is 6.10 Å². The maximum Gasteiger partial charge on any atom is 0.225 e. The zero-order chi connectivity index (χ0) is 9.35. The number of amides is 1. The summed E-state index contributed by atoms with van der Waals surface area (Å²) in [6, 6.07) is 0.201. The van der Waals surface area contributed by atoms with E-state index in [1.807, 2.05) is 20.8 Å². The highest BCUT2D eigenvalue weighted by molar-refractivity contribution is 5.81. The molecule has 1 aliphatic carbocycles. The summed E-state index contributed by atoms with van der Waals surface area (Å²) in [6.07, 6.45) is 1.22. The summed E-state index contributed by atoms with van der Waals surface area (Å²) in [6.45, 7) is 5.66. The normalized spacial score (nSPS) is 29.3. The Morgan fingerprint density at radius 3 is 2.25 bits per heavy atom. The smallest absolute Gasteiger partial charge is 0.225 e. The number of aliphatic hydroxyl groups excluding tert-OH is 1. The lowest BCUT2D eigenvalue weighted by Gasteiger charge is -2.34. The average molecular weight is 171 g/mol. The summed E-state index contributed by atoms with van der Waals surface area (Å²) in [5.74, 6) is 0.0689. The minimum atomic E-state index is -0.319. The summed E-state index contributed by atoms with van der Waals surface area (Å²) in [4.78, 5) is 11.4. The van der Waals surface area contributed by atoms with Gasteiger partial charge in [-0.15, -0.1) is 0 Å². The molecular weight excluding hydrogens is 154 g/mol. The molecule has 0 aromatic rings. The van der Waals surface area contributed by atoms with Crippen LogP contribution in [0.2, 0.25) is 0 Å². The Hall–Kier alpha value is -0.570. The number of hydrogen-bond acceptors (Lipinski definition) is 2. The summed E-state index contributed by atoms with van der Waals surface area (Å²) in [5.41, 5.74) is -0.319. The van der Waals surface area contributed by atoms with Crippen molar-refractivity contribution in [1.82, 2.24) is 5.32 Å². The van der Waals surface area contributed by atoms with Crippen LogP contribution in [0.4, 0.5) is 0 Å². The quantitative estimate of drug-likeness (QED) is 0.609. The van der Waals surface area contributed by atoms with Gasteiger partial charge in [0.1, 0.15) is 0 Å². The standard InChI is InChI=1S/C9H17NO2/c1-9(2,3)8(12)10-6-4-7(11)5-6/h6-7,11H,4-5H2,1-3H3,(H,10,12). The Bertz CT molecular complexity index is 177. The zero-order valence-electron chi connectivity index (χ0n) is 7.92. The van der Waals surface area contributed by atoms with Crippen molar-refractivity contribution >= 4 is 5.91 Å². The number of carbonyl (C=O) groups excluding carboxylic acids is 1. The fourth-order valence-electron chi connectivity index (χ4n) is 1.11. The van der Waals surface area contributed by atoms with Crippen molar-refractivity contribution in [2.45, 2.75) is 45.8 Å². The minimum absolute atomic E-state index is 0.0689. The predicted molar refractivity (Wildman–Crippen MR) is 46.6 cm³/mol. The van der Waals surface area contributed by atoms with Crippen molar-refractivity contribution in [3.63, 3.8) is 0 Å². The van der Waals surface area contributed by atoms with E-state index in [1.54, 1.807) is 0 Å². The van der Waals surface area contributed by atoms with Gasteiger partial charge in [-0.25, -0.2) is 0 Å². The van der Waals surface area contributed by atoms with Gasteiger partial charge in [-0.2, -0.15) is 0 Å². The fraction of sp³-hybridized carbons (Fsp3) is 0.889. The summed E-state index contributed by atoms with van der Waals surface area (Å²) >= 11 is 0. The summed E-state index contributed by atoms with van der Waals surface area (Å²) in [5, 5.41) is 11.9. The van der Waals surface area contributed by atoms with E-state index in [9.17, 15) is 4.79 Å². The third-order valence-corrected chi connectivity index (χ3v) is 2.13. The maximum atomic E-state index is 11.4. The Kier molecular flexibility index (Phi) is 2.42. The highest BCUT2D eigenvalue weighted by Gasteiger charge is 2.31. The molecule has 0 unspecified atom stereocenters. The largest absolute Gasteiger partial charge is 0.393 e. The van der Waals surface area contributed by atoms with Gasteiger partial charge in [0, 0.05) is 11.5 Å². The van der Waals surface area contributed by atoms with Crippen molar-refractivity contribution < 1.29 is 9.90 Å². The summed E-state index contributed by atoms with van der Waals surface area (Å²) in [7, 11) is 0. The second-order valence-electron chi connectivity index (χ2n) is 4.55. The zero-order valence-corrected chi connectivity index (χ0v) is 7.92. The first-order chi connectivity index (χ1) is 5.39. The first-order valence-electron chi connectivity index (χ1n) is 4.38. The first kappa shape index (κ1) is 9.52. The minimum Gasteiger partial charge on any atom is -0.393 e. The lowest BCUT2D eigenvalue weighted by Crippen LogP contribution is -2.49. The van der Waals surface area contributed by atoms with Crippen LogP contribution in [0.3, 0.4) is 0 Å². The van der Waals surface area contributed by atoms with Crippen LogP contribution in [0, 0.1) is 5.41 Å². The van der Waals surface area contributed by atoms with Crippen LogP contribution < -0.4 is 5.32 Å². The fourth-order valence-corrected chi connectivity index (χ4v) is 1.11. The van der Waals surface area contributed by atoms with E-state index in [4.69, 9.17) is 5.11 Å². The lowest BCUT2D eigenvalue weighted by molar-refractivity contribution is -0.130. The molecule has 3 nitrogen and oxygen atoms in total. The van der Waals surface area contributed by atoms with E-state index in [2.05, 4.69) is 5.32 Å². The van der Waals surface area contributed by atoms with E-state index >= 15 is 0 Å². The van der Waals surface area contributed by atoms with Crippen LogP contribution in [0.15, 0.2) is 0 Å². The second-order valence-corrected chi connectivity index (χ2v) is 4.55. The van der Waals surface area contributed by atoms with Crippen molar-refractivity contribution in [3.8, 4) is 0 Å². The molecular formula is C9H17NO2. The van der Waals surface area contributed by atoms with Crippen LogP contribution in [0.5, 0.6) is 0 Å². The molecule has 0 aromatic heterocycles. The number of hydrogen-bond donors (Lipinski definition) is 2. The van der Waals surface area contributed by atoms with Gasteiger partial charge in [-0.3, -0.25) is 4.79 Å². The molecule has 1 amide bonds. The van der Waals surface area contributed by atoms with Crippen LogP contribution in [-0.4, -0.2) is 23.2 Å². The maximum absolute atomic E-state index is 11.4. The molecule has 3 heteroatoms. The van der Waals surface area contributed by atoms with Gasteiger partial charge in [-0.05, 0) is 12.8 Å². The number of carbonyl (C=O) groups is 1. The van der Waals surface area contributed by atoms with Gasteiger partial charge in [0.15, 0.2) is 0 Å². The molecule has 70 valence electrons. The Balaban J connectivity index is 2.28. The Morgan fingerprint density at radius 2 is 1.92 bits per heavy atom. The monoisotopic (exact) mass is 171 g/mol. The first-order valence-corrected chi connectivity index (χ1v) is 4.38. The van der Waals surface area contributed by atoms with E-state index < -0.39 is 0 Å². The molecule has 0 bridgehead atoms. The highest BCUT2D eigenvalue weighted by atomic mass is 16.3. The Labute approximate surface area is 73.2 Å². The highest BCUT2D eigenvalue weighted by Crippen LogP contribution is 2.21. The second kappa shape index (κ2) is 3.05. The van der Waals surface area contributed by atoms with Crippen molar-refractivity contribution in [2.24, 2.45) is 5.41 Å². The molecule has 1 fully saturated rings. The van der Waals surface area contributed by atoms with Gasteiger partial charge < -0.3 is 10.4 Å². The molecule has 0 radical (unpaired) electrons. The molecule has 0 spiro atoms. The van der Waals surface area contributed by atoms with E-state index in [0.29, 0.717) is 12.8 Å². The molecule has 0 heterocycles. The van der Waals surface area contributed by atoms with Crippen LogP contribution in [0.1, 0.15) is 33.6 Å². The molecule has 2 N–H and O–H groups in total. The van der Waals surface area contributed by atoms with Gasteiger partial charge in [-0.1, -0.05) is 20.8 Å². The van der Waals surface area contributed by atoms with Crippen molar-refractivity contribution in [2.75, 3.05) is 0 Å². The summed E-state index contributed by atoms with van der Waals surface area (Å²) < 4.78 is 0. The van der Waals surface area contributed by atoms with E-state index in [0.717, 1.165) is 0 Å². The molecule has 1 saturated carbocycles. The van der Waals surface area contributed by atoms with Crippen LogP contribution in [-0.2, 0) is 4.79 Å². The molecule has 0 aliphatic heterocycles. The Morgan fingerprint density at radius 1 is 1.42 bits per heavy atom. The molecule has 0 aromatic carbocycles. The SMILES string of the molecule is CC(C)(C)C(=O)NC1CC(O)C1. The van der Waals surface area contributed by atoms with E-state index in [-0.39, 0.29) is 23.5 Å². The topological polar surface area (TPSA) is 49.3 Å². The lowest BCUT2D eigenvalue weighted by atomic mass is 9.87.